The number of benzene rings is 2. The van der Waals surface area contributed by atoms with Crippen LogP contribution in [0.5, 0.6) is 17.2 Å². The molecule has 1 heterocycles. The Balaban J connectivity index is 1.70. The summed E-state index contributed by atoms with van der Waals surface area (Å²) >= 11 is 0. The van der Waals surface area contributed by atoms with E-state index in [1.807, 2.05) is 6.07 Å². The highest BCUT2D eigenvalue weighted by molar-refractivity contribution is 5.97. The molecule has 1 N–H and O–H groups in total. The number of hydrogen-bond donors (Lipinski definition) is 1. The van der Waals surface area contributed by atoms with Crippen LogP contribution in [-0.4, -0.2) is 38.3 Å². The summed E-state index contributed by atoms with van der Waals surface area (Å²) < 4.78 is 21.5. The molecular weight excluding hydrogens is 364 g/mol. The number of carbonyl (C=O) groups is 2. The van der Waals surface area contributed by atoms with E-state index in [-0.39, 0.29) is 5.56 Å². The molecule has 0 saturated heterocycles. The molecule has 0 aromatic heterocycles. The largest absolute Gasteiger partial charge is 0.493 e. The van der Waals surface area contributed by atoms with Crippen LogP contribution in [0.15, 0.2) is 36.4 Å². The van der Waals surface area contributed by atoms with Crippen LogP contribution >= 0.6 is 0 Å². The Morgan fingerprint density at radius 3 is 2.75 bits per heavy atom. The van der Waals surface area contributed by atoms with Gasteiger partial charge in [0, 0.05) is 5.69 Å². The molecule has 0 aliphatic carbocycles. The fraction of sp³-hybridized carbons (Fsp3) is 0.250. The standard InChI is InChI=1S/C20H18N2O6/c1-12(19(23)22-15-5-3-4-13(8-15)11-21)28-20(24)14-9-16(25-2)18-17(10-14)26-6-7-27-18/h3-5,8-10,12H,6-7H2,1-2H3,(H,22,23)/t12-/m0/s1. The highest BCUT2D eigenvalue weighted by Crippen LogP contribution is 2.40. The molecule has 2 aromatic carbocycles. The van der Waals surface area contributed by atoms with E-state index >= 15 is 0 Å². The van der Waals surface area contributed by atoms with Crippen molar-refractivity contribution in [1.82, 2.24) is 0 Å². The fourth-order valence-corrected chi connectivity index (χ4v) is 2.58. The number of amides is 1. The third-order valence-corrected chi connectivity index (χ3v) is 3.98. The summed E-state index contributed by atoms with van der Waals surface area (Å²) in [6, 6.07) is 11.4. The summed E-state index contributed by atoms with van der Waals surface area (Å²) in [5.74, 6) is -0.0809. The number of methoxy groups -OCH3 is 1. The van der Waals surface area contributed by atoms with Gasteiger partial charge in [0.05, 0.1) is 24.3 Å². The van der Waals surface area contributed by atoms with Gasteiger partial charge in [0.1, 0.15) is 13.2 Å². The van der Waals surface area contributed by atoms with Crippen molar-refractivity contribution in [2.45, 2.75) is 13.0 Å². The Bertz CT molecular complexity index is 933. The van der Waals surface area contributed by atoms with Crippen LogP contribution in [0.25, 0.3) is 0 Å². The Hall–Kier alpha value is -3.73. The molecule has 0 unspecified atom stereocenters. The lowest BCUT2D eigenvalue weighted by molar-refractivity contribution is -0.123. The molecular formula is C20H18N2O6. The van der Waals surface area contributed by atoms with Gasteiger partial charge in [-0.3, -0.25) is 4.79 Å². The van der Waals surface area contributed by atoms with Gasteiger partial charge in [0.2, 0.25) is 5.75 Å². The summed E-state index contributed by atoms with van der Waals surface area (Å²) in [6.07, 6.45) is -1.06. The topological polar surface area (TPSA) is 107 Å². The Kier molecular flexibility index (Phi) is 5.65. The van der Waals surface area contributed by atoms with E-state index in [1.165, 1.54) is 32.2 Å². The number of esters is 1. The van der Waals surface area contributed by atoms with E-state index < -0.39 is 18.0 Å². The first-order chi connectivity index (χ1) is 13.5. The number of nitriles is 1. The molecule has 2 aromatic rings. The van der Waals surface area contributed by atoms with Crippen molar-refractivity contribution in [3.8, 4) is 23.3 Å². The quantitative estimate of drug-likeness (QED) is 0.792. The fourth-order valence-electron chi connectivity index (χ4n) is 2.58. The van der Waals surface area contributed by atoms with Crippen molar-refractivity contribution >= 4 is 17.6 Å². The van der Waals surface area contributed by atoms with E-state index in [0.29, 0.717) is 41.7 Å². The molecule has 0 bridgehead atoms. The first-order valence-electron chi connectivity index (χ1n) is 8.51. The Labute approximate surface area is 161 Å². The Morgan fingerprint density at radius 1 is 1.21 bits per heavy atom. The van der Waals surface area contributed by atoms with Gasteiger partial charge in [-0.1, -0.05) is 6.07 Å². The highest BCUT2D eigenvalue weighted by atomic mass is 16.6. The van der Waals surface area contributed by atoms with E-state index in [9.17, 15) is 9.59 Å². The minimum absolute atomic E-state index is 0.173. The van der Waals surface area contributed by atoms with Gasteiger partial charge >= 0.3 is 5.97 Å². The van der Waals surface area contributed by atoms with Crippen LogP contribution < -0.4 is 19.5 Å². The van der Waals surface area contributed by atoms with Crippen molar-refractivity contribution in [3.63, 3.8) is 0 Å². The second-order valence-electron chi connectivity index (χ2n) is 5.93. The number of hydrogen-bond acceptors (Lipinski definition) is 7. The zero-order chi connectivity index (χ0) is 20.1. The predicted molar refractivity (Wildman–Crippen MR) is 98.6 cm³/mol. The molecule has 1 aliphatic rings. The number of ether oxygens (including phenoxy) is 4. The summed E-state index contributed by atoms with van der Waals surface area (Å²) in [4.78, 5) is 24.8. The first-order valence-corrected chi connectivity index (χ1v) is 8.51. The molecule has 1 amide bonds. The third kappa shape index (κ3) is 4.15. The number of nitrogens with one attached hydrogen (secondary N) is 1. The van der Waals surface area contributed by atoms with Crippen LogP contribution in [0.4, 0.5) is 5.69 Å². The molecule has 0 saturated carbocycles. The van der Waals surface area contributed by atoms with Gasteiger partial charge < -0.3 is 24.3 Å². The van der Waals surface area contributed by atoms with Crippen LogP contribution in [0.2, 0.25) is 0 Å². The first kappa shape index (κ1) is 19.0. The van der Waals surface area contributed by atoms with E-state index in [1.54, 1.807) is 18.2 Å². The molecule has 0 spiro atoms. The predicted octanol–water partition coefficient (Wildman–Crippen LogP) is 2.52. The van der Waals surface area contributed by atoms with Crippen LogP contribution in [0.3, 0.4) is 0 Å². The molecule has 0 fully saturated rings. The summed E-state index contributed by atoms with van der Waals surface area (Å²) in [7, 11) is 1.45. The van der Waals surface area contributed by atoms with Crippen LogP contribution in [0, 0.1) is 11.3 Å². The summed E-state index contributed by atoms with van der Waals surface area (Å²) in [5, 5.41) is 11.5. The van der Waals surface area contributed by atoms with E-state index in [4.69, 9.17) is 24.2 Å². The maximum atomic E-state index is 12.5. The lowest BCUT2D eigenvalue weighted by atomic mass is 10.1. The second kappa shape index (κ2) is 8.31. The van der Waals surface area contributed by atoms with Gasteiger partial charge in [-0.05, 0) is 37.3 Å². The Morgan fingerprint density at radius 2 is 2.00 bits per heavy atom. The number of anilines is 1. The SMILES string of the molecule is COc1cc(C(=O)O[C@@H](C)C(=O)Nc2cccc(C#N)c2)cc2c1OCCO2. The molecule has 8 nitrogen and oxygen atoms in total. The molecule has 28 heavy (non-hydrogen) atoms. The van der Waals surface area contributed by atoms with Crippen LogP contribution in [-0.2, 0) is 9.53 Å². The van der Waals surface area contributed by atoms with E-state index in [0.717, 1.165) is 0 Å². The highest BCUT2D eigenvalue weighted by Gasteiger charge is 2.24. The van der Waals surface area contributed by atoms with Crippen molar-refractivity contribution < 1.29 is 28.5 Å². The monoisotopic (exact) mass is 382 g/mol. The van der Waals surface area contributed by atoms with Gasteiger partial charge in [-0.2, -0.15) is 5.26 Å². The summed E-state index contributed by atoms with van der Waals surface area (Å²) in [5.41, 5.74) is 1.02. The van der Waals surface area contributed by atoms with Gasteiger partial charge in [0.15, 0.2) is 17.6 Å². The zero-order valence-corrected chi connectivity index (χ0v) is 15.4. The molecule has 1 atom stereocenters. The average Bonchev–Trinajstić information content (AvgIpc) is 2.72. The normalized spacial score (nSPS) is 13.0. The van der Waals surface area contributed by atoms with Gasteiger partial charge in [0.25, 0.3) is 5.91 Å². The lowest BCUT2D eigenvalue weighted by Crippen LogP contribution is -2.30. The number of rotatable bonds is 5. The maximum absolute atomic E-state index is 12.5. The second-order valence-corrected chi connectivity index (χ2v) is 5.93. The van der Waals surface area contributed by atoms with E-state index in [2.05, 4.69) is 5.32 Å². The minimum Gasteiger partial charge on any atom is -0.493 e. The van der Waals surface area contributed by atoms with Crippen molar-refractivity contribution in [3.05, 3.63) is 47.5 Å². The number of fused-ring (bicyclic) bond motifs is 1. The maximum Gasteiger partial charge on any atom is 0.339 e. The molecule has 144 valence electrons. The van der Waals surface area contributed by atoms with Gasteiger partial charge in [-0.15, -0.1) is 0 Å². The smallest absolute Gasteiger partial charge is 0.339 e. The molecule has 8 heteroatoms. The van der Waals surface area contributed by atoms with Crippen LogP contribution in [0.1, 0.15) is 22.8 Å². The van der Waals surface area contributed by atoms with Crippen molar-refractivity contribution in [1.29, 1.82) is 5.26 Å². The van der Waals surface area contributed by atoms with Crippen molar-refractivity contribution in [2.24, 2.45) is 0 Å². The summed E-state index contributed by atoms with van der Waals surface area (Å²) in [6.45, 7) is 2.20. The minimum atomic E-state index is -1.06. The number of nitrogens with zero attached hydrogens (tertiary/aromatic N) is 1. The molecule has 1 aliphatic heterocycles. The van der Waals surface area contributed by atoms with Gasteiger partial charge in [-0.25, -0.2) is 4.79 Å². The third-order valence-electron chi connectivity index (χ3n) is 3.98. The lowest BCUT2D eigenvalue weighted by Gasteiger charge is -2.21. The average molecular weight is 382 g/mol. The number of carbonyl (C=O) groups excluding carboxylic acids is 2. The zero-order valence-electron chi connectivity index (χ0n) is 15.4. The molecule has 3 rings (SSSR count). The van der Waals surface area contributed by atoms with Crippen molar-refractivity contribution in [2.75, 3.05) is 25.6 Å². The molecule has 0 radical (unpaired) electrons.